The molecule has 0 aliphatic heterocycles. The summed E-state index contributed by atoms with van der Waals surface area (Å²) in [5.74, 6) is 0.180. The first-order valence-electron chi connectivity index (χ1n) is 4.61. The Morgan fingerprint density at radius 1 is 1.38 bits per heavy atom. The predicted octanol–water partition coefficient (Wildman–Crippen LogP) is 2.60. The van der Waals surface area contributed by atoms with E-state index in [-0.39, 0.29) is 17.9 Å². The highest BCUT2D eigenvalue weighted by Gasteiger charge is 2.35. The Balaban J connectivity index is 3.27. The molecule has 5 heteroatoms. The first kappa shape index (κ1) is 12.6. The van der Waals surface area contributed by atoms with Gasteiger partial charge in [0.05, 0.1) is 12.7 Å². The van der Waals surface area contributed by atoms with E-state index in [4.69, 9.17) is 10.5 Å². The highest BCUT2D eigenvalue weighted by atomic mass is 19.4. The Kier molecular flexibility index (Phi) is 3.95. The second-order valence-electron chi connectivity index (χ2n) is 3.05. The molecule has 0 aromatic heterocycles. The first-order valence-corrected chi connectivity index (χ1v) is 4.61. The van der Waals surface area contributed by atoms with Crippen molar-refractivity contribution >= 4 is 5.57 Å². The maximum atomic E-state index is 12.7. The summed E-state index contributed by atoms with van der Waals surface area (Å²) in [4.78, 5) is 0. The van der Waals surface area contributed by atoms with Crippen LogP contribution in [0.15, 0.2) is 30.3 Å². The molecule has 0 aliphatic carbocycles. The van der Waals surface area contributed by atoms with Crippen molar-refractivity contribution in [3.63, 3.8) is 0 Å². The number of alkyl halides is 3. The molecule has 0 fully saturated rings. The number of rotatable bonds is 3. The van der Waals surface area contributed by atoms with Crippen LogP contribution in [0.3, 0.4) is 0 Å². The maximum Gasteiger partial charge on any atom is 0.416 e. The lowest BCUT2D eigenvalue weighted by Gasteiger charge is -2.14. The summed E-state index contributed by atoms with van der Waals surface area (Å²) < 4.78 is 43.1. The molecule has 1 rings (SSSR count). The van der Waals surface area contributed by atoms with E-state index in [0.29, 0.717) is 0 Å². The Hall–Kier alpha value is -1.49. The van der Waals surface area contributed by atoms with E-state index in [1.807, 2.05) is 0 Å². The zero-order valence-corrected chi connectivity index (χ0v) is 8.71. The summed E-state index contributed by atoms with van der Waals surface area (Å²) in [5.41, 5.74) is 4.37. The van der Waals surface area contributed by atoms with E-state index in [9.17, 15) is 13.2 Å². The zero-order chi connectivity index (χ0) is 12.2. The lowest BCUT2D eigenvalue weighted by atomic mass is 10.0. The fourth-order valence-corrected chi connectivity index (χ4v) is 1.36. The van der Waals surface area contributed by atoms with Crippen LogP contribution in [0.5, 0.6) is 5.75 Å². The SMILES string of the molecule is COc1ccccc1/C(=C\CN)C(F)(F)F. The van der Waals surface area contributed by atoms with E-state index in [0.717, 1.165) is 6.08 Å². The third kappa shape index (κ3) is 2.76. The van der Waals surface area contributed by atoms with Crippen LogP contribution in [0.25, 0.3) is 5.57 Å². The van der Waals surface area contributed by atoms with Gasteiger partial charge < -0.3 is 10.5 Å². The zero-order valence-electron chi connectivity index (χ0n) is 8.71. The van der Waals surface area contributed by atoms with Gasteiger partial charge in [-0.25, -0.2) is 0 Å². The molecule has 0 saturated heterocycles. The molecule has 2 nitrogen and oxygen atoms in total. The molecular formula is C11H12F3NO. The number of allylic oxidation sites excluding steroid dienone is 1. The highest BCUT2D eigenvalue weighted by molar-refractivity contribution is 5.74. The maximum absolute atomic E-state index is 12.7. The summed E-state index contributed by atoms with van der Waals surface area (Å²) in [6.45, 7) is -0.174. The van der Waals surface area contributed by atoms with Crippen molar-refractivity contribution in [3.05, 3.63) is 35.9 Å². The molecule has 0 heterocycles. The predicted molar refractivity (Wildman–Crippen MR) is 56.1 cm³/mol. The van der Waals surface area contributed by atoms with Crippen molar-refractivity contribution in [3.8, 4) is 5.75 Å². The van der Waals surface area contributed by atoms with Crippen molar-refractivity contribution in [2.75, 3.05) is 13.7 Å². The number of halogens is 3. The second kappa shape index (κ2) is 5.03. The molecule has 0 bridgehead atoms. The number of nitrogens with two attached hydrogens (primary N) is 1. The van der Waals surface area contributed by atoms with Gasteiger partial charge in [-0.05, 0) is 6.07 Å². The number of hydrogen-bond donors (Lipinski definition) is 1. The third-order valence-corrected chi connectivity index (χ3v) is 2.02. The minimum Gasteiger partial charge on any atom is -0.496 e. The number of ether oxygens (including phenoxy) is 1. The summed E-state index contributed by atoms with van der Waals surface area (Å²) in [7, 11) is 1.33. The summed E-state index contributed by atoms with van der Waals surface area (Å²) in [5, 5.41) is 0. The molecule has 0 aliphatic rings. The van der Waals surface area contributed by atoms with Crippen LogP contribution in [0, 0.1) is 0 Å². The van der Waals surface area contributed by atoms with Crippen LogP contribution in [-0.2, 0) is 0 Å². The summed E-state index contributed by atoms with van der Waals surface area (Å²) >= 11 is 0. The van der Waals surface area contributed by atoms with E-state index in [1.165, 1.54) is 25.3 Å². The van der Waals surface area contributed by atoms with Crippen LogP contribution in [0.4, 0.5) is 13.2 Å². The van der Waals surface area contributed by atoms with Gasteiger partial charge in [-0.3, -0.25) is 0 Å². The standard InChI is InChI=1S/C11H12F3NO/c1-16-10-5-3-2-4-8(10)9(6-7-15)11(12,13)14/h2-6H,7,15H2,1H3/b9-6+. The minimum absolute atomic E-state index is 0.00273. The van der Waals surface area contributed by atoms with Crippen LogP contribution in [0.2, 0.25) is 0 Å². The normalized spacial score (nSPS) is 12.7. The quantitative estimate of drug-likeness (QED) is 0.867. The minimum atomic E-state index is -4.44. The Bertz CT molecular complexity index is 385. The van der Waals surface area contributed by atoms with Crippen LogP contribution < -0.4 is 10.5 Å². The number of hydrogen-bond acceptors (Lipinski definition) is 2. The number of para-hydroxylation sites is 1. The monoisotopic (exact) mass is 231 g/mol. The van der Waals surface area contributed by atoms with Crippen molar-refractivity contribution < 1.29 is 17.9 Å². The molecule has 0 atom stereocenters. The molecule has 88 valence electrons. The first-order chi connectivity index (χ1) is 7.50. The van der Waals surface area contributed by atoms with E-state index >= 15 is 0 Å². The summed E-state index contributed by atoms with van der Waals surface area (Å²) in [6.07, 6.45) is -3.49. The molecule has 0 spiro atoms. The molecule has 1 aromatic carbocycles. The average molecular weight is 231 g/mol. The van der Waals surface area contributed by atoms with Crippen LogP contribution in [-0.4, -0.2) is 19.8 Å². The molecule has 0 saturated carbocycles. The molecular weight excluding hydrogens is 219 g/mol. The fraction of sp³-hybridized carbons (Fsp3) is 0.273. The molecule has 0 radical (unpaired) electrons. The average Bonchev–Trinajstić information content (AvgIpc) is 2.24. The molecule has 1 aromatic rings. The van der Waals surface area contributed by atoms with E-state index in [1.54, 1.807) is 6.07 Å². The van der Waals surface area contributed by atoms with Crippen LogP contribution in [0.1, 0.15) is 5.56 Å². The fourth-order valence-electron chi connectivity index (χ4n) is 1.36. The second-order valence-corrected chi connectivity index (χ2v) is 3.05. The molecule has 0 amide bonds. The van der Waals surface area contributed by atoms with Gasteiger partial charge in [0.1, 0.15) is 5.75 Å². The van der Waals surface area contributed by atoms with Gasteiger partial charge in [0.15, 0.2) is 0 Å². The van der Waals surface area contributed by atoms with Gasteiger partial charge in [-0.2, -0.15) is 13.2 Å². The van der Waals surface area contributed by atoms with Gasteiger partial charge in [-0.15, -0.1) is 0 Å². The van der Waals surface area contributed by atoms with Gasteiger partial charge >= 0.3 is 6.18 Å². The number of methoxy groups -OCH3 is 1. The molecule has 0 unspecified atom stereocenters. The third-order valence-electron chi connectivity index (χ3n) is 2.02. The van der Waals surface area contributed by atoms with Crippen molar-refractivity contribution in [2.24, 2.45) is 5.73 Å². The Morgan fingerprint density at radius 3 is 2.50 bits per heavy atom. The molecule has 16 heavy (non-hydrogen) atoms. The van der Waals surface area contributed by atoms with Gasteiger partial charge in [0.25, 0.3) is 0 Å². The van der Waals surface area contributed by atoms with Gasteiger partial charge in [-0.1, -0.05) is 24.3 Å². The number of benzene rings is 1. The Morgan fingerprint density at radius 2 is 2.00 bits per heavy atom. The van der Waals surface area contributed by atoms with Gasteiger partial charge in [0.2, 0.25) is 0 Å². The lowest BCUT2D eigenvalue weighted by Crippen LogP contribution is -2.13. The topological polar surface area (TPSA) is 35.2 Å². The smallest absolute Gasteiger partial charge is 0.416 e. The summed E-state index contributed by atoms with van der Waals surface area (Å²) in [6, 6.07) is 5.96. The van der Waals surface area contributed by atoms with Crippen LogP contribution >= 0.6 is 0 Å². The van der Waals surface area contributed by atoms with Crippen molar-refractivity contribution in [1.29, 1.82) is 0 Å². The van der Waals surface area contributed by atoms with E-state index in [2.05, 4.69) is 0 Å². The largest absolute Gasteiger partial charge is 0.496 e. The Labute approximate surface area is 91.5 Å². The highest BCUT2D eigenvalue weighted by Crippen LogP contribution is 2.37. The molecule has 2 N–H and O–H groups in total. The van der Waals surface area contributed by atoms with Crippen molar-refractivity contribution in [2.45, 2.75) is 6.18 Å². The van der Waals surface area contributed by atoms with E-state index < -0.39 is 11.7 Å². The van der Waals surface area contributed by atoms with Gasteiger partial charge in [0, 0.05) is 12.1 Å². The van der Waals surface area contributed by atoms with Crippen molar-refractivity contribution in [1.82, 2.24) is 0 Å². The lowest BCUT2D eigenvalue weighted by molar-refractivity contribution is -0.0691.